The lowest BCUT2D eigenvalue weighted by Crippen LogP contribution is -2.27. The summed E-state index contributed by atoms with van der Waals surface area (Å²) in [6.45, 7) is 1.88. The lowest BCUT2D eigenvalue weighted by atomic mass is 10.3. The van der Waals surface area contributed by atoms with Gasteiger partial charge in [-0.2, -0.15) is 0 Å². The van der Waals surface area contributed by atoms with E-state index in [0.717, 1.165) is 11.4 Å². The molecule has 1 aromatic rings. The standard InChI is InChI=1S/C9H9ClN2O/c1-7-6-11-12(13-7)9-4-2-8(10)3-5-9/h2-6,11H,1H3. The Kier molecular flexibility index (Phi) is 2.02. The molecule has 1 aliphatic rings. The summed E-state index contributed by atoms with van der Waals surface area (Å²) < 4.78 is 0. The summed E-state index contributed by atoms with van der Waals surface area (Å²) in [5.41, 5.74) is 3.86. The molecule has 1 aromatic carbocycles. The molecule has 0 spiro atoms. The molecular weight excluding hydrogens is 188 g/mol. The molecule has 0 radical (unpaired) electrons. The first kappa shape index (κ1) is 8.26. The number of anilines is 1. The second-order valence-corrected chi connectivity index (χ2v) is 3.18. The van der Waals surface area contributed by atoms with E-state index >= 15 is 0 Å². The van der Waals surface area contributed by atoms with E-state index in [9.17, 15) is 0 Å². The van der Waals surface area contributed by atoms with Crippen LogP contribution < -0.4 is 10.6 Å². The molecule has 0 bridgehead atoms. The van der Waals surface area contributed by atoms with Crippen LogP contribution >= 0.6 is 11.6 Å². The number of halogens is 1. The van der Waals surface area contributed by atoms with Crippen LogP contribution in [0, 0.1) is 0 Å². The Morgan fingerprint density at radius 1 is 1.31 bits per heavy atom. The Morgan fingerprint density at radius 3 is 2.54 bits per heavy atom. The van der Waals surface area contributed by atoms with Gasteiger partial charge in [0.15, 0.2) is 0 Å². The molecule has 13 heavy (non-hydrogen) atoms. The highest BCUT2D eigenvalue weighted by Gasteiger charge is 2.11. The van der Waals surface area contributed by atoms with E-state index in [2.05, 4.69) is 5.43 Å². The van der Waals surface area contributed by atoms with Gasteiger partial charge < -0.3 is 4.84 Å². The maximum absolute atomic E-state index is 5.75. The molecule has 68 valence electrons. The van der Waals surface area contributed by atoms with Gasteiger partial charge >= 0.3 is 0 Å². The highest BCUT2D eigenvalue weighted by molar-refractivity contribution is 6.30. The molecule has 0 aliphatic carbocycles. The number of hydrogen-bond acceptors (Lipinski definition) is 3. The molecule has 0 fully saturated rings. The minimum Gasteiger partial charge on any atom is -0.363 e. The third-order valence-electron chi connectivity index (χ3n) is 1.68. The van der Waals surface area contributed by atoms with E-state index in [1.165, 1.54) is 0 Å². The minimum absolute atomic E-state index is 0.715. The quantitative estimate of drug-likeness (QED) is 0.747. The van der Waals surface area contributed by atoms with Crippen LogP contribution in [0.4, 0.5) is 5.69 Å². The van der Waals surface area contributed by atoms with E-state index in [0.29, 0.717) is 5.02 Å². The van der Waals surface area contributed by atoms with Crippen molar-refractivity contribution in [3.8, 4) is 0 Å². The average molecular weight is 197 g/mol. The molecule has 1 N–H and O–H groups in total. The van der Waals surface area contributed by atoms with Crippen molar-refractivity contribution in [1.29, 1.82) is 0 Å². The summed E-state index contributed by atoms with van der Waals surface area (Å²) >= 11 is 5.75. The zero-order valence-corrected chi connectivity index (χ0v) is 7.88. The van der Waals surface area contributed by atoms with Gasteiger partial charge in [0.2, 0.25) is 0 Å². The molecule has 0 aromatic heterocycles. The lowest BCUT2D eigenvalue weighted by Gasteiger charge is -2.16. The minimum atomic E-state index is 0.715. The predicted octanol–water partition coefficient (Wildman–Crippen LogP) is 2.46. The normalized spacial score (nSPS) is 14.9. The molecule has 1 heterocycles. The van der Waals surface area contributed by atoms with E-state index in [-0.39, 0.29) is 0 Å². The van der Waals surface area contributed by atoms with Crippen LogP contribution in [0.3, 0.4) is 0 Å². The molecule has 2 rings (SSSR count). The number of hydrogen-bond donors (Lipinski definition) is 1. The van der Waals surface area contributed by atoms with Crippen LogP contribution in [-0.2, 0) is 4.84 Å². The van der Waals surface area contributed by atoms with E-state index in [4.69, 9.17) is 16.4 Å². The maximum atomic E-state index is 5.75. The largest absolute Gasteiger partial charge is 0.363 e. The maximum Gasteiger partial charge on any atom is 0.149 e. The van der Waals surface area contributed by atoms with Crippen LogP contribution in [0.25, 0.3) is 0 Å². The van der Waals surface area contributed by atoms with Crippen molar-refractivity contribution < 1.29 is 4.84 Å². The van der Waals surface area contributed by atoms with Crippen molar-refractivity contribution in [3.63, 3.8) is 0 Å². The monoisotopic (exact) mass is 196 g/mol. The molecule has 0 unspecified atom stereocenters. The summed E-state index contributed by atoms with van der Waals surface area (Å²) in [5, 5.41) is 2.29. The number of hydrazine groups is 1. The van der Waals surface area contributed by atoms with E-state index in [1.807, 2.05) is 31.2 Å². The van der Waals surface area contributed by atoms with Gasteiger partial charge in [-0.1, -0.05) is 11.6 Å². The zero-order valence-electron chi connectivity index (χ0n) is 7.12. The zero-order chi connectivity index (χ0) is 9.26. The Hall–Kier alpha value is -1.35. The van der Waals surface area contributed by atoms with Gasteiger partial charge in [0, 0.05) is 5.02 Å². The number of nitrogens with one attached hydrogen (secondary N) is 1. The molecule has 0 saturated carbocycles. The molecule has 0 atom stereocenters. The summed E-state index contributed by atoms with van der Waals surface area (Å²) in [6, 6.07) is 7.38. The van der Waals surface area contributed by atoms with Crippen molar-refractivity contribution in [2.45, 2.75) is 6.92 Å². The highest BCUT2D eigenvalue weighted by Crippen LogP contribution is 2.20. The Morgan fingerprint density at radius 2 is 2.00 bits per heavy atom. The fourth-order valence-corrected chi connectivity index (χ4v) is 1.18. The first-order valence-electron chi connectivity index (χ1n) is 3.92. The van der Waals surface area contributed by atoms with E-state index < -0.39 is 0 Å². The van der Waals surface area contributed by atoms with Gasteiger partial charge in [-0.25, -0.2) is 0 Å². The van der Waals surface area contributed by atoms with Crippen molar-refractivity contribution >= 4 is 17.3 Å². The SMILES string of the molecule is CC1=CNN(c2ccc(Cl)cc2)O1. The summed E-state index contributed by atoms with van der Waals surface area (Å²) in [6.07, 6.45) is 1.79. The van der Waals surface area contributed by atoms with Crippen LogP contribution in [0.5, 0.6) is 0 Å². The molecule has 4 heteroatoms. The smallest absolute Gasteiger partial charge is 0.149 e. The van der Waals surface area contributed by atoms with E-state index in [1.54, 1.807) is 11.4 Å². The fourth-order valence-electron chi connectivity index (χ4n) is 1.05. The first-order valence-corrected chi connectivity index (χ1v) is 4.30. The fraction of sp³-hybridized carbons (Fsp3) is 0.111. The van der Waals surface area contributed by atoms with Gasteiger partial charge in [-0.3, -0.25) is 5.43 Å². The summed E-state index contributed by atoms with van der Waals surface area (Å²) in [4.78, 5) is 5.33. The lowest BCUT2D eigenvalue weighted by molar-refractivity contribution is 0.193. The van der Waals surface area contributed by atoms with Crippen molar-refractivity contribution in [2.75, 3.05) is 5.17 Å². The summed E-state index contributed by atoms with van der Waals surface area (Å²) in [5.74, 6) is 0.829. The van der Waals surface area contributed by atoms with Crippen molar-refractivity contribution in [1.82, 2.24) is 5.43 Å². The van der Waals surface area contributed by atoms with Gasteiger partial charge in [0.25, 0.3) is 0 Å². The Balaban J connectivity index is 2.14. The Bertz CT molecular complexity index is 334. The van der Waals surface area contributed by atoms with Crippen LogP contribution in [0.15, 0.2) is 36.2 Å². The topological polar surface area (TPSA) is 24.5 Å². The number of benzene rings is 1. The molecule has 1 aliphatic heterocycles. The van der Waals surface area contributed by atoms with Crippen LogP contribution in [0.1, 0.15) is 6.92 Å². The highest BCUT2D eigenvalue weighted by atomic mass is 35.5. The summed E-state index contributed by atoms with van der Waals surface area (Å²) in [7, 11) is 0. The van der Waals surface area contributed by atoms with Gasteiger partial charge in [0.1, 0.15) is 5.76 Å². The van der Waals surface area contributed by atoms with Crippen molar-refractivity contribution in [3.05, 3.63) is 41.2 Å². The average Bonchev–Trinajstić information content (AvgIpc) is 2.53. The van der Waals surface area contributed by atoms with Crippen molar-refractivity contribution in [2.24, 2.45) is 0 Å². The second-order valence-electron chi connectivity index (χ2n) is 2.75. The third-order valence-corrected chi connectivity index (χ3v) is 1.93. The molecule has 0 saturated heterocycles. The number of allylic oxidation sites excluding steroid dienone is 1. The van der Waals surface area contributed by atoms with Crippen LogP contribution in [0.2, 0.25) is 5.02 Å². The van der Waals surface area contributed by atoms with Crippen LogP contribution in [-0.4, -0.2) is 0 Å². The third kappa shape index (κ3) is 1.70. The first-order chi connectivity index (χ1) is 6.25. The molecule has 3 nitrogen and oxygen atoms in total. The Labute approximate surface area is 81.5 Å². The second kappa shape index (κ2) is 3.18. The molecular formula is C9H9ClN2O. The van der Waals surface area contributed by atoms with Gasteiger partial charge in [0.05, 0.1) is 11.9 Å². The number of nitrogens with zero attached hydrogens (tertiary/aromatic N) is 1. The van der Waals surface area contributed by atoms with Gasteiger partial charge in [-0.15, -0.1) is 5.17 Å². The number of rotatable bonds is 1. The predicted molar refractivity (Wildman–Crippen MR) is 51.9 cm³/mol. The molecule has 0 amide bonds. The van der Waals surface area contributed by atoms with Gasteiger partial charge in [-0.05, 0) is 31.2 Å².